The van der Waals surface area contributed by atoms with Crippen LogP contribution in [0.2, 0.25) is 5.15 Å². The molecule has 2 aromatic heterocycles. The molecule has 0 fully saturated rings. The van der Waals surface area contributed by atoms with Gasteiger partial charge in [0.2, 0.25) is 0 Å². The van der Waals surface area contributed by atoms with E-state index in [-0.39, 0.29) is 16.3 Å². The fraction of sp³-hybridized carbons (Fsp3) is 0.267. The molecule has 3 aromatic rings. The second-order valence-corrected chi connectivity index (χ2v) is 5.25. The standard InChI is InChI=1S/C15H13ClF2N4/c1-2-3-7-11-13(12-9(17)5-4-6-10(12)18)14(16)21-15-19-8-20-22(11)15/h4-6,8H,2-3,7H2,1H3. The Labute approximate surface area is 130 Å². The van der Waals surface area contributed by atoms with Gasteiger partial charge in [-0.3, -0.25) is 0 Å². The van der Waals surface area contributed by atoms with Crippen LogP contribution in [0.4, 0.5) is 8.78 Å². The van der Waals surface area contributed by atoms with E-state index in [4.69, 9.17) is 11.6 Å². The Morgan fingerprint density at radius 2 is 1.91 bits per heavy atom. The van der Waals surface area contributed by atoms with Crippen LogP contribution in [0.3, 0.4) is 0 Å². The number of aromatic nitrogens is 4. The van der Waals surface area contributed by atoms with Crippen LogP contribution in [0, 0.1) is 11.6 Å². The van der Waals surface area contributed by atoms with Crippen molar-refractivity contribution in [2.24, 2.45) is 0 Å². The maximum atomic E-state index is 14.2. The molecule has 1 aromatic carbocycles. The van der Waals surface area contributed by atoms with Crippen molar-refractivity contribution in [2.45, 2.75) is 26.2 Å². The van der Waals surface area contributed by atoms with E-state index in [2.05, 4.69) is 15.1 Å². The number of aryl methyl sites for hydroxylation is 1. The summed E-state index contributed by atoms with van der Waals surface area (Å²) in [6.07, 6.45) is 3.67. The van der Waals surface area contributed by atoms with Crippen molar-refractivity contribution < 1.29 is 8.78 Å². The number of hydrogen-bond acceptors (Lipinski definition) is 3. The number of unbranched alkanes of at least 4 members (excludes halogenated alkanes) is 1. The summed E-state index contributed by atoms with van der Waals surface area (Å²) >= 11 is 6.20. The highest BCUT2D eigenvalue weighted by Crippen LogP contribution is 2.34. The SMILES string of the molecule is CCCCc1c(-c2c(F)cccc2F)c(Cl)nc2ncnn12. The molecule has 0 spiro atoms. The number of halogens is 3. The molecule has 0 saturated heterocycles. The van der Waals surface area contributed by atoms with E-state index in [9.17, 15) is 8.78 Å². The van der Waals surface area contributed by atoms with Gasteiger partial charge in [-0.25, -0.2) is 13.3 Å². The van der Waals surface area contributed by atoms with Crippen molar-refractivity contribution >= 4 is 17.4 Å². The molecule has 0 aliphatic heterocycles. The Morgan fingerprint density at radius 3 is 2.59 bits per heavy atom. The normalized spacial score (nSPS) is 11.3. The predicted molar refractivity (Wildman–Crippen MR) is 79.8 cm³/mol. The Morgan fingerprint density at radius 1 is 1.18 bits per heavy atom. The first kappa shape index (κ1) is 14.8. The summed E-state index contributed by atoms with van der Waals surface area (Å²) in [5.41, 5.74) is 0.672. The largest absolute Gasteiger partial charge is 0.253 e. The Balaban J connectivity index is 2.34. The summed E-state index contributed by atoms with van der Waals surface area (Å²) < 4.78 is 29.8. The van der Waals surface area contributed by atoms with Gasteiger partial charge in [0, 0.05) is 5.56 Å². The lowest BCUT2D eigenvalue weighted by Crippen LogP contribution is -2.07. The first-order valence-corrected chi connectivity index (χ1v) is 7.33. The van der Waals surface area contributed by atoms with E-state index >= 15 is 0 Å². The smallest absolute Gasteiger partial charge is 0.206 e. The first-order valence-electron chi connectivity index (χ1n) is 6.96. The Bertz CT molecular complexity index is 812. The van der Waals surface area contributed by atoms with Crippen molar-refractivity contribution in [1.29, 1.82) is 0 Å². The number of benzene rings is 1. The molecule has 0 saturated carbocycles. The molecule has 7 heteroatoms. The molecule has 0 aliphatic carbocycles. The van der Waals surface area contributed by atoms with Gasteiger partial charge < -0.3 is 0 Å². The summed E-state index contributed by atoms with van der Waals surface area (Å²) in [6.45, 7) is 2.03. The van der Waals surface area contributed by atoms with Crippen LogP contribution in [0.15, 0.2) is 24.5 Å². The third kappa shape index (κ3) is 2.43. The van der Waals surface area contributed by atoms with Crippen LogP contribution >= 0.6 is 11.6 Å². The average Bonchev–Trinajstić information content (AvgIpc) is 2.94. The first-order chi connectivity index (χ1) is 10.6. The molecule has 2 heterocycles. The van der Waals surface area contributed by atoms with Crippen LogP contribution in [0.5, 0.6) is 0 Å². The van der Waals surface area contributed by atoms with E-state index in [0.29, 0.717) is 17.9 Å². The average molecular weight is 323 g/mol. The Kier molecular flexibility index (Phi) is 4.02. The lowest BCUT2D eigenvalue weighted by molar-refractivity contribution is 0.588. The molecule has 0 radical (unpaired) electrons. The molecule has 0 aliphatic rings. The van der Waals surface area contributed by atoms with Gasteiger partial charge >= 0.3 is 0 Å². The highest BCUT2D eigenvalue weighted by atomic mass is 35.5. The van der Waals surface area contributed by atoms with E-state index in [1.54, 1.807) is 0 Å². The molecule has 0 amide bonds. The highest BCUT2D eigenvalue weighted by molar-refractivity contribution is 6.32. The zero-order valence-electron chi connectivity index (χ0n) is 11.9. The fourth-order valence-electron chi connectivity index (χ4n) is 2.43. The van der Waals surface area contributed by atoms with E-state index < -0.39 is 11.6 Å². The summed E-state index contributed by atoms with van der Waals surface area (Å²) in [7, 11) is 0. The summed E-state index contributed by atoms with van der Waals surface area (Å²) in [5.74, 6) is -1.04. The molecule has 114 valence electrons. The van der Waals surface area contributed by atoms with Gasteiger partial charge in [0.15, 0.2) is 0 Å². The van der Waals surface area contributed by atoms with E-state index in [1.807, 2.05) is 6.92 Å². The third-order valence-corrected chi connectivity index (χ3v) is 3.73. The molecule has 4 nitrogen and oxygen atoms in total. The minimum Gasteiger partial charge on any atom is -0.206 e. The van der Waals surface area contributed by atoms with Gasteiger partial charge in [0.1, 0.15) is 23.1 Å². The van der Waals surface area contributed by atoms with Crippen molar-refractivity contribution in [3.05, 3.63) is 47.0 Å². The lowest BCUT2D eigenvalue weighted by Gasteiger charge is -2.13. The zero-order chi connectivity index (χ0) is 15.7. The van der Waals surface area contributed by atoms with Gasteiger partial charge in [-0.15, -0.1) is 0 Å². The summed E-state index contributed by atoms with van der Waals surface area (Å²) in [4.78, 5) is 8.08. The van der Waals surface area contributed by atoms with Gasteiger partial charge in [-0.05, 0) is 25.0 Å². The number of nitrogens with zero attached hydrogens (tertiary/aromatic N) is 4. The maximum absolute atomic E-state index is 14.2. The number of hydrogen-bond donors (Lipinski definition) is 0. The van der Waals surface area contributed by atoms with Crippen LogP contribution in [0.1, 0.15) is 25.5 Å². The number of rotatable bonds is 4. The molecule has 0 unspecified atom stereocenters. The van der Waals surface area contributed by atoms with E-state index in [1.165, 1.54) is 29.0 Å². The minimum atomic E-state index is -0.680. The molecule has 0 atom stereocenters. The molecular formula is C15H13ClF2N4. The van der Waals surface area contributed by atoms with Gasteiger partial charge in [0.05, 0.1) is 11.3 Å². The van der Waals surface area contributed by atoms with Crippen LogP contribution in [-0.2, 0) is 6.42 Å². The molecule has 0 N–H and O–H groups in total. The summed E-state index contributed by atoms with van der Waals surface area (Å²) in [6, 6.07) is 3.71. The van der Waals surface area contributed by atoms with Gasteiger partial charge in [0.25, 0.3) is 5.78 Å². The minimum absolute atomic E-state index is 0.0237. The second kappa shape index (κ2) is 5.96. The maximum Gasteiger partial charge on any atom is 0.253 e. The van der Waals surface area contributed by atoms with Crippen molar-refractivity contribution in [2.75, 3.05) is 0 Å². The van der Waals surface area contributed by atoms with Crippen LogP contribution in [0.25, 0.3) is 16.9 Å². The van der Waals surface area contributed by atoms with Gasteiger partial charge in [-0.1, -0.05) is 31.0 Å². The number of fused-ring (bicyclic) bond motifs is 1. The summed E-state index contributed by atoms with van der Waals surface area (Å²) in [5, 5.41) is 4.12. The second-order valence-electron chi connectivity index (χ2n) is 4.90. The van der Waals surface area contributed by atoms with Gasteiger partial charge in [-0.2, -0.15) is 15.1 Å². The zero-order valence-corrected chi connectivity index (χ0v) is 12.6. The molecule has 22 heavy (non-hydrogen) atoms. The van der Waals surface area contributed by atoms with Crippen molar-refractivity contribution in [3.63, 3.8) is 0 Å². The predicted octanol–water partition coefficient (Wildman–Crippen LogP) is 4.07. The van der Waals surface area contributed by atoms with Crippen LogP contribution in [-0.4, -0.2) is 19.6 Å². The van der Waals surface area contributed by atoms with E-state index in [0.717, 1.165) is 12.8 Å². The molecule has 3 rings (SSSR count). The van der Waals surface area contributed by atoms with Crippen LogP contribution < -0.4 is 0 Å². The third-order valence-electron chi connectivity index (χ3n) is 3.46. The highest BCUT2D eigenvalue weighted by Gasteiger charge is 2.22. The Hall–Kier alpha value is -2.08. The molecule has 0 bridgehead atoms. The van der Waals surface area contributed by atoms with Crippen molar-refractivity contribution in [3.8, 4) is 11.1 Å². The fourth-order valence-corrected chi connectivity index (χ4v) is 2.71. The monoisotopic (exact) mass is 322 g/mol. The quantitative estimate of drug-likeness (QED) is 0.680. The topological polar surface area (TPSA) is 43.1 Å². The van der Waals surface area contributed by atoms with Crippen molar-refractivity contribution in [1.82, 2.24) is 19.6 Å². The lowest BCUT2D eigenvalue weighted by atomic mass is 10.0. The molecular weight excluding hydrogens is 310 g/mol.